The largest absolute Gasteiger partial charge is 0.492 e. The third-order valence-corrected chi connectivity index (χ3v) is 7.42. The number of unbranched alkanes of at least 4 members (excludes halogenated alkanes) is 1. The number of benzene rings is 1. The molecule has 1 atom stereocenters. The predicted octanol–water partition coefficient (Wildman–Crippen LogP) is 0.999. The molecule has 11 nitrogen and oxygen atoms in total. The Hall–Kier alpha value is -2.70. The number of ether oxygens (including phenoxy) is 1. The summed E-state index contributed by atoms with van der Waals surface area (Å²) in [7, 11) is -4.23. The van der Waals surface area contributed by atoms with Gasteiger partial charge in [-0.3, -0.25) is 14.4 Å². The Morgan fingerprint density at radius 2 is 1.81 bits per heavy atom. The van der Waals surface area contributed by atoms with Crippen molar-refractivity contribution in [2.45, 2.75) is 62.8 Å². The first-order chi connectivity index (χ1) is 17.2. The quantitative estimate of drug-likeness (QED) is 0.199. The molecule has 1 saturated heterocycles. The topological polar surface area (TPSA) is 163 Å². The molecule has 1 heterocycles. The van der Waals surface area contributed by atoms with Gasteiger partial charge in [0.05, 0.1) is 6.61 Å². The fourth-order valence-corrected chi connectivity index (χ4v) is 5.10. The molecule has 1 unspecified atom stereocenters. The van der Waals surface area contributed by atoms with Crippen molar-refractivity contribution in [1.29, 1.82) is 0 Å². The number of carbonyl (C=O) groups is 3. The number of rotatable bonds is 16. The molecule has 0 saturated carbocycles. The van der Waals surface area contributed by atoms with Crippen molar-refractivity contribution < 1.29 is 32.6 Å². The minimum Gasteiger partial charge on any atom is -0.492 e. The van der Waals surface area contributed by atoms with Gasteiger partial charge in [-0.2, -0.15) is 4.72 Å². The number of carboxylic acids is 1. The van der Waals surface area contributed by atoms with Crippen LogP contribution in [-0.2, 0) is 24.4 Å². The molecule has 0 aliphatic carbocycles. The van der Waals surface area contributed by atoms with Crippen LogP contribution < -0.4 is 25.4 Å². The molecule has 0 bridgehead atoms. The van der Waals surface area contributed by atoms with Gasteiger partial charge in [0.1, 0.15) is 16.7 Å². The molecule has 12 heteroatoms. The third kappa shape index (κ3) is 10.5. The number of nitrogens with one attached hydrogen (secondary N) is 4. The maximum atomic E-state index is 12.8. The summed E-state index contributed by atoms with van der Waals surface area (Å²) < 4.78 is 33.4. The highest BCUT2D eigenvalue weighted by atomic mass is 32.2. The van der Waals surface area contributed by atoms with E-state index in [4.69, 9.17) is 4.74 Å². The number of carboxylic acid groups (broad SMARTS) is 1. The smallest absolute Gasteiger partial charge is 0.323 e. The number of piperidine rings is 1. The number of hydrogen-bond acceptors (Lipinski definition) is 7. The molecule has 202 valence electrons. The van der Waals surface area contributed by atoms with Crippen LogP contribution in [0.5, 0.6) is 5.75 Å². The molecular weight excluding hydrogens is 488 g/mol. The van der Waals surface area contributed by atoms with Gasteiger partial charge in [-0.25, -0.2) is 8.42 Å². The Morgan fingerprint density at radius 3 is 2.50 bits per heavy atom. The van der Waals surface area contributed by atoms with Crippen LogP contribution in [0.15, 0.2) is 29.2 Å². The van der Waals surface area contributed by atoms with E-state index < -0.39 is 34.5 Å². The standard InChI is InChI=1S/C24H38N4O7S/c1-2-3-16-35-20-6-4-5-7-21(20)36(33,34)28-19(24(31)32)17-27-23(30)12-15-26-22(29)9-8-18-10-13-25-14-11-18/h4-7,18-19,25,28H,2-3,8-17H2,1H3,(H,26,29)(H,27,30)(H,31,32). The van der Waals surface area contributed by atoms with Gasteiger partial charge in [0.15, 0.2) is 0 Å². The molecular formula is C24H38N4O7S. The van der Waals surface area contributed by atoms with Crippen LogP contribution in [0.1, 0.15) is 51.9 Å². The van der Waals surface area contributed by atoms with Gasteiger partial charge in [0.25, 0.3) is 0 Å². The summed E-state index contributed by atoms with van der Waals surface area (Å²) in [6.07, 6.45) is 4.89. The van der Waals surface area contributed by atoms with E-state index in [1.165, 1.54) is 18.2 Å². The molecule has 5 N–H and O–H groups in total. The molecule has 0 aromatic heterocycles. The zero-order valence-electron chi connectivity index (χ0n) is 20.8. The highest BCUT2D eigenvalue weighted by Crippen LogP contribution is 2.23. The van der Waals surface area contributed by atoms with Crippen molar-refractivity contribution in [2.75, 3.05) is 32.8 Å². The molecule has 2 amide bonds. The van der Waals surface area contributed by atoms with Crippen LogP contribution >= 0.6 is 0 Å². The van der Waals surface area contributed by atoms with Crippen LogP contribution in [0, 0.1) is 5.92 Å². The van der Waals surface area contributed by atoms with E-state index in [0.29, 0.717) is 18.9 Å². The average Bonchev–Trinajstić information content (AvgIpc) is 2.86. The monoisotopic (exact) mass is 526 g/mol. The molecule has 1 aliphatic heterocycles. The predicted molar refractivity (Wildman–Crippen MR) is 134 cm³/mol. The molecule has 1 fully saturated rings. The minimum absolute atomic E-state index is 0.0493. The SMILES string of the molecule is CCCCOc1ccccc1S(=O)(=O)NC(CNC(=O)CCNC(=O)CCC1CCNCC1)C(=O)O. The first kappa shape index (κ1) is 29.5. The fourth-order valence-electron chi connectivity index (χ4n) is 3.76. The van der Waals surface area contributed by atoms with Crippen LogP contribution in [0.25, 0.3) is 0 Å². The van der Waals surface area contributed by atoms with E-state index in [0.717, 1.165) is 45.2 Å². The summed E-state index contributed by atoms with van der Waals surface area (Å²) in [5, 5.41) is 17.9. The van der Waals surface area contributed by atoms with E-state index in [-0.39, 0.29) is 29.5 Å². The average molecular weight is 527 g/mol. The summed E-state index contributed by atoms with van der Waals surface area (Å²) >= 11 is 0. The normalized spacial score (nSPS) is 15.1. The Bertz CT molecular complexity index is 965. The van der Waals surface area contributed by atoms with Crippen molar-refractivity contribution in [2.24, 2.45) is 5.92 Å². The molecule has 2 rings (SSSR count). The van der Waals surface area contributed by atoms with Gasteiger partial charge in [0.2, 0.25) is 21.8 Å². The lowest BCUT2D eigenvalue weighted by Crippen LogP contribution is -2.48. The zero-order valence-corrected chi connectivity index (χ0v) is 21.6. The Labute approximate surface area is 212 Å². The summed E-state index contributed by atoms with van der Waals surface area (Å²) in [6, 6.07) is 4.39. The lowest BCUT2D eigenvalue weighted by Gasteiger charge is -2.22. The number of sulfonamides is 1. The highest BCUT2D eigenvalue weighted by molar-refractivity contribution is 7.89. The van der Waals surface area contributed by atoms with Crippen LogP contribution in [0.2, 0.25) is 0 Å². The maximum Gasteiger partial charge on any atom is 0.323 e. The van der Waals surface area contributed by atoms with Gasteiger partial charge in [-0.05, 0) is 56.8 Å². The van der Waals surface area contributed by atoms with Crippen LogP contribution in [-0.4, -0.2) is 70.1 Å². The maximum absolute atomic E-state index is 12.8. The summed E-state index contributed by atoms with van der Waals surface area (Å²) in [5.41, 5.74) is 0. The van der Waals surface area contributed by atoms with Gasteiger partial charge in [0, 0.05) is 25.9 Å². The number of para-hydroxylation sites is 1. The van der Waals surface area contributed by atoms with Crippen molar-refractivity contribution in [1.82, 2.24) is 20.7 Å². The van der Waals surface area contributed by atoms with Crippen molar-refractivity contribution in [3.8, 4) is 5.75 Å². The summed E-state index contributed by atoms with van der Waals surface area (Å²) in [4.78, 5) is 35.6. The molecule has 1 aromatic carbocycles. The number of aliphatic carboxylic acids is 1. The number of amides is 2. The zero-order chi connectivity index (χ0) is 26.4. The van der Waals surface area contributed by atoms with Crippen LogP contribution in [0.3, 0.4) is 0 Å². The minimum atomic E-state index is -4.23. The summed E-state index contributed by atoms with van der Waals surface area (Å²) in [6.45, 7) is 3.91. The van der Waals surface area contributed by atoms with E-state index >= 15 is 0 Å². The first-order valence-corrected chi connectivity index (χ1v) is 13.9. The molecule has 0 radical (unpaired) electrons. The van der Waals surface area contributed by atoms with Crippen molar-refractivity contribution >= 4 is 27.8 Å². The van der Waals surface area contributed by atoms with Gasteiger partial charge >= 0.3 is 5.97 Å². The van der Waals surface area contributed by atoms with E-state index in [2.05, 4.69) is 20.7 Å². The lowest BCUT2D eigenvalue weighted by atomic mass is 9.93. The Morgan fingerprint density at radius 1 is 1.11 bits per heavy atom. The van der Waals surface area contributed by atoms with E-state index in [1.54, 1.807) is 6.07 Å². The van der Waals surface area contributed by atoms with Gasteiger partial charge in [-0.15, -0.1) is 0 Å². The second-order valence-corrected chi connectivity index (χ2v) is 10.5. The van der Waals surface area contributed by atoms with E-state index in [9.17, 15) is 27.9 Å². The first-order valence-electron chi connectivity index (χ1n) is 12.4. The van der Waals surface area contributed by atoms with Gasteiger partial charge < -0.3 is 25.8 Å². The number of carbonyl (C=O) groups excluding carboxylic acids is 2. The molecule has 0 spiro atoms. The van der Waals surface area contributed by atoms with Gasteiger partial charge in [-0.1, -0.05) is 25.5 Å². The second kappa shape index (κ2) is 15.4. The van der Waals surface area contributed by atoms with E-state index in [1.807, 2.05) is 6.92 Å². The Balaban J connectivity index is 1.79. The molecule has 36 heavy (non-hydrogen) atoms. The molecule has 1 aromatic rings. The Kier molecular flexibility index (Phi) is 12.6. The summed E-state index contributed by atoms with van der Waals surface area (Å²) in [5.74, 6) is -1.40. The second-order valence-electron chi connectivity index (χ2n) is 8.80. The van der Waals surface area contributed by atoms with Crippen LogP contribution in [0.4, 0.5) is 0 Å². The molecule has 1 aliphatic rings. The van der Waals surface area contributed by atoms with Crippen molar-refractivity contribution in [3.05, 3.63) is 24.3 Å². The highest BCUT2D eigenvalue weighted by Gasteiger charge is 2.28. The lowest BCUT2D eigenvalue weighted by molar-refractivity contribution is -0.138. The number of hydrogen-bond donors (Lipinski definition) is 5. The third-order valence-electron chi connectivity index (χ3n) is 5.91. The van der Waals surface area contributed by atoms with Crippen molar-refractivity contribution in [3.63, 3.8) is 0 Å². The fraction of sp³-hybridized carbons (Fsp3) is 0.625.